The Labute approximate surface area is 264 Å². The third-order valence-electron chi connectivity index (χ3n) is 8.97. The van der Waals surface area contributed by atoms with E-state index in [2.05, 4.69) is 56.8 Å². The first kappa shape index (κ1) is 35.0. The molecule has 0 unspecified atom stereocenters. The van der Waals surface area contributed by atoms with E-state index in [4.69, 9.17) is 13.7 Å². The number of hydrogen-bond donors (Lipinski definition) is 2. The summed E-state index contributed by atoms with van der Waals surface area (Å²) in [5, 5.41) is 10.4. The number of nitrogens with one attached hydrogen (secondary N) is 1. The summed E-state index contributed by atoms with van der Waals surface area (Å²) in [5.74, 6) is -2.81. The van der Waals surface area contributed by atoms with Crippen LogP contribution in [0, 0.1) is 5.92 Å². The third kappa shape index (κ3) is 8.28. The smallest absolute Gasteiger partial charge is 0.333 e. The highest BCUT2D eigenvalue weighted by Gasteiger charge is 2.49. The van der Waals surface area contributed by atoms with Crippen molar-refractivity contribution in [3.05, 3.63) is 40.0 Å². The van der Waals surface area contributed by atoms with E-state index in [-0.39, 0.29) is 43.4 Å². The van der Waals surface area contributed by atoms with Crippen LogP contribution >= 0.6 is 11.3 Å². The van der Waals surface area contributed by atoms with Gasteiger partial charge in [0.05, 0.1) is 29.7 Å². The second-order valence-electron chi connectivity index (χ2n) is 13.1. The lowest BCUT2D eigenvalue weighted by Crippen LogP contribution is -2.51. The van der Waals surface area contributed by atoms with Crippen LogP contribution in [0.1, 0.15) is 81.6 Å². The maximum absolute atomic E-state index is 13.6. The lowest BCUT2D eigenvalue weighted by molar-refractivity contribution is 0.0115. The number of nitrogens with two attached hydrogens (primary N) is 1. The summed E-state index contributed by atoms with van der Waals surface area (Å²) in [6.45, 7) is 13.5. The first-order valence-electron chi connectivity index (χ1n) is 15.1. The van der Waals surface area contributed by atoms with Crippen LogP contribution in [0.25, 0.3) is 0 Å². The van der Waals surface area contributed by atoms with Gasteiger partial charge in [0.1, 0.15) is 12.1 Å². The van der Waals surface area contributed by atoms with E-state index >= 15 is 0 Å². The molecule has 2 aromatic heterocycles. The summed E-state index contributed by atoms with van der Waals surface area (Å²) < 4.78 is 62.8. The van der Waals surface area contributed by atoms with Crippen LogP contribution < -0.4 is 10.5 Å². The predicted molar refractivity (Wildman–Crippen MR) is 170 cm³/mol. The van der Waals surface area contributed by atoms with Gasteiger partial charge in [0, 0.05) is 37.7 Å². The molecule has 4 rings (SSSR count). The summed E-state index contributed by atoms with van der Waals surface area (Å²) in [6.07, 6.45) is 3.51. The van der Waals surface area contributed by atoms with E-state index < -0.39 is 24.5 Å². The van der Waals surface area contributed by atoms with Gasteiger partial charge in [-0.2, -0.15) is 8.42 Å². The van der Waals surface area contributed by atoms with Crippen molar-refractivity contribution in [2.45, 2.75) is 102 Å². The molecule has 246 valence electrons. The highest BCUT2D eigenvalue weighted by molar-refractivity contribution is 7.84. The summed E-state index contributed by atoms with van der Waals surface area (Å²) >= 11 is 1.26. The molecule has 2 aliphatic rings. The number of thiophene rings is 1. The number of alkyl halides is 2. The Morgan fingerprint density at radius 3 is 2.48 bits per heavy atom. The number of anilines is 1. The first-order valence-corrected chi connectivity index (χ1v) is 19.6. The number of likely N-dealkylation sites (tertiary alicyclic amines) is 1. The Kier molecular flexibility index (Phi) is 11.0. The molecule has 0 radical (unpaired) electrons. The third-order valence-corrected chi connectivity index (χ3v) is 16.5. The van der Waals surface area contributed by atoms with Gasteiger partial charge in [-0.15, -0.1) is 11.3 Å². The molecule has 1 aliphatic heterocycles. The number of rotatable bonds is 14. The normalized spacial score (nSPS) is 22.9. The highest BCUT2D eigenvalue weighted by Crippen LogP contribution is 2.46. The van der Waals surface area contributed by atoms with Crippen LogP contribution in [-0.4, -0.2) is 75.2 Å². The molecule has 0 aromatic carbocycles. The van der Waals surface area contributed by atoms with Gasteiger partial charge in [-0.3, -0.25) is 13.9 Å². The molecule has 3 atom stereocenters. The van der Waals surface area contributed by atoms with E-state index in [1.165, 1.54) is 23.9 Å². The molecule has 1 aliphatic carbocycles. The largest absolute Gasteiger partial charge is 0.413 e. The SMILES string of the molecule is CC(C)[Si](O[C@H]1C[C@H](Nc2ncncc2C(=O)c2cc(CN3CCC(F)(F)C3)cs2)C[C@@H]1COS(N)(=O)=O)(C(C)C)C(C)C. The molecule has 10 nitrogen and oxygen atoms in total. The van der Waals surface area contributed by atoms with Crippen LogP contribution in [0.3, 0.4) is 0 Å². The number of carbonyl (C=O) groups excluding carboxylic acids is 1. The molecule has 1 saturated heterocycles. The van der Waals surface area contributed by atoms with Crippen LogP contribution in [0.5, 0.6) is 0 Å². The van der Waals surface area contributed by atoms with Crippen molar-refractivity contribution >= 4 is 41.6 Å². The van der Waals surface area contributed by atoms with Crippen LogP contribution in [0.2, 0.25) is 16.6 Å². The van der Waals surface area contributed by atoms with Crippen molar-refractivity contribution < 1.29 is 30.6 Å². The van der Waals surface area contributed by atoms with Crippen molar-refractivity contribution in [2.24, 2.45) is 11.1 Å². The minimum atomic E-state index is -4.13. The van der Waals surface area contributed by atoms with Crippen molar-refractivity contribution in [1.82, 2.24) is 14.9 Å². The summed E-state index contributed by atoms with van der Waals surface area (Å²) in [4.78, 5) is 24.2. The Morgan fingerprint density at radius 2 is 1.89 bits per heavy atom. The molecular weight excluding hydrogens is 629 g/mol. The van der Waals surface area contributed by atoms with Gasteiger partial charge in [-0.05, 0) is 46.5 Å². The molecular formula is C29H45F2N5O5S2Si. The second-order valence-corrected chi connectivity index (χ2v) is 20.6. The summed E-state index contributed by atoms with van der Waals surface area (Å²) in [5.41, 5.74) is 2.10. The van der Waals surface area contributed by atoms with Crippen molar-refractivity contribution in [1.29, 1.82) is 0 Å². The fourth-order valence-electron chi connectivity index (χ4n) is 7.09. The number of hydrogen-bond acceptors (Lipinski definition) is 10. The van der Waals surface area contributed by atoms with Gasteiger partial charge < -0.3 is 9.74 Å². The zero-order valence-corrected chi connectivity index (χ0v) is 28.9. The molecule has 0 spiro atoms. The highest BCUT2D eigenvalue weighted by atomic mass is 32.2. The first-order chi connectivity index (χ1) is 20.5. The Hall–Kier alpha value is -1.88. The average Bonchev–Trinajstić information content (AvgIpc) is 3.63. The number of aromatic nitrogens is 2. The minimum absolute atomic E-state index is 0.100. The molecule has 15 heteroatoms. The fourth-order valence-corrected chi connectivity index (χ4v) is 13.9. The molecule has 2 aromatic rings. The lowest BCUT2D eigenvalue weighted by atomic mass is 10.1. The van der Waals surface area contributed by atoms with E-state index in [9.17, 15) is 22.0 Å². The monoisotopic (exact) mass is 673 g/mol. The molecule has 1 saturated carbocycles. The van der Waals surface area contributed by atoms with Crippen LogP contribution in [0.15, 0.2) is 24.0 Å². The Bertz CT molecular complexity index is 1390. The Morgan fingerprint density at radius 1 is 1.20 bits per heavy atom. The van der Waals surface area contributed by atoms with Crippen molar-refractivity contribution in [3.63, 3.8) is 0 Å². The number of halogens is 2. The minimum Gasteiger partial charge on any atom is -0.413 e. The standard InChI is InChI=1S/C29H45F2N5O5S2Si/c1-18(2)44(19(3)4,20(5)6)41-25-11-23(10-22(25)14-40-43(32,38)39)35-28-24(12-33-17-34-28)27(37)26-9-21(15-42-26)13-36-8-7-29(30,31)16-36/h9,12,15,17-20,22-23,25H,7-8,10-11,13-14,16H2,1-6H3,(H2,32,38,39)(H,33,34,35)/t22-,23-,25+/m1/s1. The van der Waals surface area contributed by atoms with Gasteiger partial charge in [0.25, 0.3) is 5.92 Å². The second kappa shape index (κ2) is 13.9. The van der Waals surface area contributed by atoms with Crippen molar-refractivity contribution in [2.75, 3.05) is 25.0 Å². The lowest BCUT2D eigenvalue weighted by Gasteiger charge is -2.45. The van der Waals surface area contributed by atoms with Crippen LogP contribution in [-0.2, 0) is 25.5 Å². The molecule has 44 heavy (non-hydrogen) atoms. The topological polar surface area (TPSA) is 137 Å². The molecule has 3 heterocycles. The quantitative estimate of drug-likeness (QED) is 0.195. The van der Waals surface area contributed by atoms with Crippen molar-refractivity contribution in [3.8, 4) is 0 Å². The van der Waals surface area contributed by atoms with Gasteiger partial charge in [-0.25, -0.2) is 23.9 Å². The average molecular weight is 674 g/mol. The van der Waals surface area contributed by atoms with Gasteiger partial charge >= 0.3 is 10.3 Å². The van der Waals surface area contributed by atoms with Gasteiger partial charge in [-0.1, -0.05) is 41.5 Å². The fraction of sp³-hybridized carbons (Fsp3) is 0.690. The van der Waals surface area contributed by atoms with E-state index in [1.54, 1.807) is 11.0 Å². The molecule has 0 bridgehead atoms. The van der Waals surface area contributed by atoms with E-state index in [0.29, 0.717) is 58.8 Å². The molecule has 3 N–H and O–H groups in total. The summed E-state index contributed by atoms with van der Waals surface area (Å²) in [7, 11) is -6.44. The van der Waals surface area contributed by atoms with E-state index in [1.807, 2.05) is 5.38 Å². The molecule has 2 fully saturated rings. The number of nitrogens with zero attached hydrogens (tertiary/aromatic N) is 3. The maximum atomic E-state index is 13.6. The number of ketones is 1. The van der Waals surface area contributed by atoms with E-state index in [0.717, 1.165) is 5.56 Å². The Balaban J connectivity index is 1.52. The van der Waals surface area contributed by atoms with Gasteiger partial charge in [0.15, 0.2) is 0 Å². The molecule has 0 amide bonds. The van der Waals surface area contributed by atoms with Gasteiger partial charge in [0.2, 0.25) is 14.1 Å². The maximum Gasteiger partial charge on any atom is 0.333 e. The zero-order valence-electron chi connectivity index (χ0n) is 26.3. The zero-order chi connectivity index (χ0) is 32.4. The predicted octanol–water partition coefficient (Wildman–Crippen LogP) is 5.58. The van der Waals surface area contributed by atoms with Crippen LogP contribution in [0.4, 0.5) is 14.6 Å². The summed E-state index contributed by atoms with van der Waals surface area (Å²) in [6, 6.07) is 1.57. The number of carbonyl (C=O) groups is 1.